The highest BCUT2D eigenvalue weighted by Gasteiger charge is 2.69. The second-order valence-electron chi connectivity index (χ2n) is 10.4. The molecule has 2 aliphatic heterocycles. The smallest absolute Gasteiger partial charge is 0.271 e. The van der Waals surface area contributed by atoms with Gasteiger partial charge in [0.05, 0.1) is 12.6 Å². The lowest BCUT2D eigenvalue weighted by Crippen LogP contribution is -2.53. The Labute approximate surface area is 193 Å². The van der Waals surface area contributed by atoms with Crippen LogP contribution in [-0.2, 0) is 9.59 Å². The van der Waals surface area contributed by atoms with E-state index >= 15 is 0 Å². The maximum atomic E-state index is 13.5. The minimum Gasteiger partial charge on any atom is -0.394 e. The van der Waals surface area contributed by atoms with Gasteiger partial charge in [-0.15, -0.1) is 0 Å². The van der Waals surface area contributed by atoms with Crippen LogP contribution < -0.4 is 10.6 Å². The number of aromatic nitrogens is 1. The van der Waals surface area contributed by atoms with Gasteiger partial charge in [0.1, 0.15) is 11.7 Å². The molecule has 0 unspecified atom stereocenters. The van der Waals surface area contributed by atoms with E-state index in [2.05, 4.69) is 29.5 Å². The monoisotopic (exact) mass is 452 g/mol. The summed E-state index contributed by atoms with van der Waals surface area (Å²) in [4.78, 5) is 43.9. The number of H-pyrrole nitrogens is 1. The molecule has 1 aromatic carbocycles. The quantitative estimate of drug-likeness (QED) is 0.534. The second kappa shape index (κ2) is 8.17. The molecule has 1 aliphatic carbocycles. The Morgan fingerprint density at radius 1 is 1.30 bits per heavy atom. The lowest BCUT2D eigenvalue weighted by Gasteiger charge is -2.32. The Balaban J connectivity index is 1.33. The van der Waals surface area contributed by atoms with Gasteiger partial charge in [-0.05, 0) is 48.6 Å². The zero-order chi connectivity index (χ0) is 23.3. The van der Waals surface area contributed by atoms with Gasteiger partial charge in [0.2, 0.25) is 11.8 Å². The van der Waals surface area contributed by atoms with Crippen molar-refractivity contribution in [2.24, 2.45) is 23.2 Å². The van der Waals surface area contributed by atoms with Gasteiger partial charge in [0.15, 0.2) is 0 Å². The lowest BCUT2D eigenvalue weighted by molar-refractivity contribution is -0.129. The van der Waals surface area contributed by atoms with E-state index in [1.165, 1.54) is 0 Å². The topological polar surface area (TPSA) is 115 Å². The molecule has 3 amide bonds. The van der Waals surface area contributed by atoms with Gasteiger partial charge in [-0.25, -0.2) is 0 Å². The first-order valence-corrected chi connectivity index (χ1v) is 11.9. The highest BCUT2D eigenvalue weighted by atomic mass is 16.3. The molecular weight excluding hydrogens is 420 g/mol. The SMILES string of the molecule is CC1(C)[C@@H]2[C@@H](C(=O)N[C@H](CO)C[C@@H]3CCCNC3=O)N(C(=O)c3cc4ccccc4[nH]3)C[C@@H]21. The van der Waals surface area contributed by atoms with Crippen molar-refractivity contribution in [3.63, 3.8) is 0 Å². The van der Waals surface area contributed by atoms with Crippen molar-refractivity contribution >= 4 is 28.6 Å². The van der Waals surface area contributed by atoms with Gasteiger partial charge >= 0.3 is 0 Å². The Bertz CT molecular complexity index is 1060. The molecule has 1 aromatic heterocycles. The minimum absolute atomic E-state index is 0.00278. The summed E-state index contributed by atoms with van der Waals surface area (Å²) < 4.78 is 0. The largest absolute Gasteiger partial charge is 0.394 e. The fourth-order valence-electron chi connectivity index (χ4n) is 6.01. The number of carbonyl (C=O) groups is 3. The number of nitrogens with zero attached hydrogens (tertiary/aromatic N) is 1. The standard InChI is InChI=1S/C25H32N4O4/c1-25(2)17-12-29(24(33)19-11-14-6-3-4-8-18(14)28-19)21(20(17)25)23(32)27-16(13-30)10-15-7-5-9-26-22(15)31/h3-4,6,8,11,15-17,20-21,28,30H,5,7,9-10,12-13H2,1-2H3,(H,26,31)(H,27,32)/t15-,16-,17-,20-,21-/m0/s1. The van der Waals surface area contributed by atoms with E-state index in [-0.39, 0.29) is 47.5 Å². The highest BCUT2D eigenvalue weighted by molar-refractivity contribution is 6.01. The molecule has 0 radical (unpaired) electrons. The average Bonchev–Trinajstić information content (AvgIpc) is 3.19. The van der Waals surface area contributed by atoms with E-state index < -0.39 is 12.1 Å². The molecule has 33 heavy (non-hydrogen) atoms. The van der Waals surface area contributed by atoms with Crippen molar-refractivity contribution in [1.82, 2.24) is 20.5 Å². The molecular formula is C25H32N4O4. The first kappa shape index (κ1) is 21.9. The Morgan fingerprint density at radius 3 is 2.82 bits per heavy atom. The summed E-state index contributed by atoms with van der Waals surface area (Å²) >= 11 is 0. The number of aliphatic hydroxyl groups is 1. The fourth-order valence-corrected chi connectivity index (χ4v) is 6.01. The van der Waals surface area contributed by atoms with Crippen molar-refractivity contribution in [2.75, 3.05) is 19.7 Å². The number of hydrogen-bond acceptors (Lipinski definition) is 4. The summed E-state index contributed by atoms with van der Waals surface area (Å²) in [6.07, 6.45) is 2.05. The van der Waals surface area contributed by atoms with Crippen LogP contribution in [0.5, 0.6) is 0 Å². The number of fused-ring (bicyclic) bond motifs is 2. The van der Waals surface area contributed by atoms with E-state index in [1.807, 2.05) is 30.3 Å². The second-order valence-corrected chi connectivity index (χ2v) is 10.4. The molecule has 0 bridgehead atoms. The van der Waals surface area contributed by atoms with Crippen molar-refractivity contribution in [1.29, 1.82) is 0 Å². The summed E-state index contributed by atoms with van der Waals surface area (Å²) in [5.41, 5.74) is 1.36. The molecule has 3 heterocycles. The third-order valence-corrected chi connectivity index (χ3v) is 8.03. The molecule has 0 spiro atoms. The Hall–Kier alpha value is -2.87. The van der Waals surface area contributed by atoms with E-state index in [0.29, 0.717) is 25.2 Å². The first-order chi connectivity index (χ1) is 15.8. The number of piperidine rings is 2. The molecule has 3 fully saturated rings. The number of hydrogen-bond donors (Lipinski definition) is 4. The Morgan fingerprint density at radius 2 is 2.09 bits per heavy atom. The van der Waals surface area contributed by atoms with E-state index in [1.54, 1.807) is 4.90 Å². The van der Waals surface area contributed by atoms with E-state index in [4.69, 9.17) is 0 Å². The molecule has 5 rings (SSSR count). The van der Waals surface area contributed by atoms with Crippen molar-refractivity contribution in [3.8, 4) is 0 Å². The van der Waals surface area contributed by atoms with Crippen LogP contribution >= 0.6 is 0 Å². The molecule has 5 atom stereocenters. The van der Waals surface area contributed by atoms with Gasteiger partial charge in [0, 0.05) is 29.9 Å². The van der Waals surface area contributed by atoms with Gasteiger partial charge in [0.25, 0.3) is 5.91 Å². The number of benzene rings is 1. The summed E-state index contributed by atoms with van der Waals surface area (Å²) in [5.74, 6) is -0.293. The molecule has 8 nitrogen and oxygen atoms in total. The summed E-state index contributed by atoms with van der Waals surface area (Å²) in [6.45, 7) is 5.26. The van der Waals surface area contributed by atoms with Gasteiger partial charge in [-0.1, -0.05) is 32.0 Å². The maximum absolute atomic E-state index is 13.5. The van der Waals surface area contributed by atoms with Crippen molar-refractivity contribution < 1.29 is 19.5 Å². The van der Waals surface area contributed by atoms with Gasteiger partial charge in [-0.2, -0.15) is 0 Å². The highest BCUT2D eigenvalue weighted by Crippen LogP contribution is 2.65. The lowest BCUT2D eigenvalue weighted by atomic mass is 9.91. The predicted molar refractivity (Wildman–Crippen MR) is 123 cm³/mol. The zero-order valence-electron chi connectivity index (χ0n) is 19.1. The van der Waals surface area contributed by atoms with E-state index in [0.717, 1.165) is 23.7 Å². The molecule has 8 heteroatoms. The van der Waals surface area contributed by atoms with Gasteiger partial charge in [-0.3, -0.25) is 14.4 Å². The number of carbonyl (C=O) groups excluding carboxylic acids is 3. The number of aliphatic hydroxyl groups excluding tert-OH is 1. The molecule has 4 N–H and O–H groups in total. The summed E-state index contributed by atoms with van der Waals surface area (Å²) in [5, 5.41) is 16.7. The van der Waals surface area contributed by atoms with Gasteiger partial charge < -0.3 is 25.6 Å². The fraction of sp³-hybridized carbons (Fsp3) is 0.560. The van der Waals surface area contributed by atoms with Crippen LogP contribution in [0, 0.1) is 23.2 Å². The average molecular weight is 453 g/mol. The number of likely N-dealkylation sites (tertiary alicyclic amines) is 1. The normalized spacial score (nSPS) is 28.8. The first-order valence-electron chi connectivity index (χ1n) is 11.9. The zero-order valence-corrected chi connectivity index (χ0v) is 19.1. The van der Waals surface area contributed by atoms with Crippen LogP contribution in [-0.4, -0.2) is 64.5 Å². The Kier molecular flexibility index (Phi) is 5.43. The number of nitrogens with one attached hydrogen (secondary N) is 3. The van der Waals surface area contributed by atoms with Crippen LogP contribution in [0.15, 0.2) is 30.3 Å². The van der Waals surface area contributed by atoms with Crippen LogP contribution in [0.1, 0.15) is 43.6 Å². The van der Waals surface area contributed by atoms with Crippen LogP contribution in [0.4, 0.5) is 0 Å². The van der Waals surface area contributed by atoms with Crippen molar-refractivity contribution in [3.05, 3.63) is 36.0 Å². The molecule has 1 saturated carbocycles. The third-order valence-electron chi connectivity index (χ3n) is 8.03. The number of para-hydroxylation sites is 1. The molecule has 2 aromatic rings. The van der Waals surface area contributed by atoms with E-state index in [9.17, 15) is 19.5 Å². The number of aromatic amines is 1. The predicted octanol–water partition coefficient (Wildman–Crippen LogP) is 1.66. The minimum atomic E-state index is -0.585. The number of rotatable bonds is 6. The summed E-state index contributed by atoms with van der Waals surface area (Å²) in [6, 6.07) is 8.45. The van der Waals surface area contributed by atoms with Crippen LogP contribution in [0.3, 0.4) is 0 Å². The molecule has 3 aliphatic rings. The van der Waals surface area contributed by atoms with Crippen molar-refractivity contribution in [2.45, 2.75) is 45.2 Å². The summed E-state index contributed by atoms with van der Waals surface area (Å²) in [7, 11) is 0. The molecule has 2 saturated heterocycles. The third kappa shape index (κ3) is 3.80. The number of amides is 3. The van der Waals surface area contributed by atoms with Crippen LogP contribution in [0.2, 0.25) is 0 Å². The maximum Gasteiger partial charge on any atom is 0.271 e. The van der Waals surface area contributed by atoms with Crippen LogP contribution in [0.25, 0.3) is 10.9 Å². The molecule has 176 valence electrons.